The molecule has 1 N–H and O–H groups in total. The Labute approximate surface area is 203 Å². The SMILES string of the molecule is [N-]=[N+]=NC[C@@H]1C(=O)N(CI)c2ccc(Nc3ccc(C(=O)N=O)cc3)nc2N1C1CCCC1. The topological polar surface area (TPSA) is 144 Å². The van der Waals surface area contributed by atoms with Crippen LogP contribution in [-0.4, -0.2) is 40.0 Å². The van der Waals surface area contributed by atoms with Gasteiger partial charge in [-0.05, 0) is 54.8 Å². The van der Waals surface area contributed by atoms with Gasteiger partial charge in [-0.25, -0.2) is 4.98 Å². The maximum atomic E-state index is 13.3. The van der Waals surface area contributed by atoms with Gasteiger partial charge < -0.3 is 10.2 Å². The molecule has 0 radical (unpaired) electrons. The number of nitrogens with zero attached hydrogens (tertiary/aromatic N) is 7. The third kappa shape index (κ3) is 4.62. The Bertz CT molecular complexity index is 1110. The molecule has 33 heavy (non-hydrogen) atoms. The van der Waals surface area contributed by atoms with Gasteiger partial charge in [0.25, 0.3) is 5.91 Å². The van der Waals surface area contributed by atoms with Crippen molar-refractivity contribution in [2.75, 3.05) is 26.2 Å². The van der Waals surface area contributed by atoms with Crippen LogP contribution in [0.4, 0.5) is 23.0 Å². The van der Waals surface area contributed by atoms with Crippen molar-refractivity contribution in [1.82, 2.24) is 4.98 Å². The van der Waals surface area contributed by atoms with Crippen molar-refractivity contribution in [3.63, 3.8) is 0 Å². The minimum atomic E-state index is -0.824. The standard InChI is InChI=1S/C21H21IN8O3/c22-12-29-16-9-10-18(25-14-7-5-13(6-8-14)20(31)27-33)26-19(16)30(15-3-1-2-4-15)17(21(29)32)11-24-28-23/h5-10,15,17H,1-4,11-12H2,(H,25,26)/t17-/m1/s1. The largest absolute Gasteiger partial charge is 0.340 e. The molecule has 2 aromatic rings. The summed E-state index contributed by atoms with van der Waals surface area (Å²) in [5, 5.41) is 9.35. The first-order valence-electron chi connectivity index (χ1n) is 10.5. The molecule has 2 aliphatic rings. The number of hydrogen-bond acceptors (Lipinski definition) is 7. The zero-order chi connectivity index (χ0) is 23.4. The molecule has 2 amide bonds. The Morgan fingerprint density at radius 3 is 2.58 bits per heavy atom. The van der Waals surface area contributed by atoms with Crippen LogP contribution in [-0.2, 0) is 4.79 Å². The lowest BCUT2D eigenvalue weighted by atomic mass is 10.0. The maximum Gasteiger partial charge on any atom is 0.316 e. The van der Waals surface area contributed by atoms with E-state index in [1.165, 1.54) is 12.1 Å². The Morgan fingerprint density at radius 1 is 1.21 bits per heavy atom. The van der Waals surface area contributed by atoms with E-state index in [1.54, 1.807) is 23.1 Å². The van der Waals surface area contributed by atoms with Crippen molar-refractivity contribution in [3.05, 3.63) is 57.3 Å². The summed E-state index contributed by atoms with van der Waals surface area (Å²) in [7, 11) is 0. The molecule has 0 saturated heterocycles. The van der Waals surface area contributed by atoms with E-state index in [0.717, 1.165) is 31.4 Å². The molecule has 1 fully saturated rings. The van der Waals surface area contributed by atoms with Crippen LogP contribution >= 0.6 is 22.6 Å². The van der Waals surface area contributed by atoms with Crippen LogP contribution in [0.25, 0.3) is 10.4 Å². The van der Waals surface area contributed by atoms with Crippen LogP contribution in [0.15, 0.2) is 46.7 Å². The molecule has 1 saturated carbocycles. The molecule has 1 aliphatic carbocycles. The average Bonchev–Trinajstić information content (AvgIpc) is 3.37. The van der Waals surface area contributed by atoms with E-state index in [4.69, 9.17) is 10.5 Å². The van der Waals surface area contributed by atoms with Crippen molar-refractivity contribution >= 4 is 57.4 Å². The number of hydrogen-bond donors (Lipinski definition) is 1. The lowest BCUT2D eigenvalue weighted by Crippen LogP contribution is -2.57. The lowest BCUT2D eigenvalue weighted by molar-refractivity contribution is -0.119. The van der Waals surface area contributed by atoms with E-state index in [-0.39, 0.29) is 24.1 Å². The predicted octanol–water partition coefficient (Wildman–Crippen LogP) is 4.90. The van der Waals surface area contributed by atoms with Gasteiger partial charge in [0.1, 0.15) is 11.9 Å². The number of nitrogens with one attached hydrogen (secondary N) is 1. The first-order valence-corrected chi connectivity index (χ1v) is 12.0. The van der Waals surface area contributed by atoms with Crippen LogP contribution in [0.5, 0.6) is 0 Å². The Morgan fingerprint density at radius 2 is 1.94 bits per heavy atom. The number of benzene rings is 1. The summed E-state index contributed by atoms with van der Waals surface area (Å²) >= 11 is 2.14. The fourth-order valence-corrected chi connectivity index (χ4v) is 5.09. The van der Waals surface area contributed by atoms with E-state index in [2.05, 4.69) is 43.1 Å². The molecule has 1 aliphatic heterocycles. The maximum absolute atomic E-state index is 13.3. The first kappa shape index (κ1) is 22.9. The van der Waals surface area contributed by atoms with E-state index in [0.29, 0.717) is 21.9 Å². The van der Waals surface area contributed by atoms with Gasteiger partial charge in [-0.15, -0.1) is 4.91 Å². The molecular weight excluding hydrogens is 539 g/mol. The summed E-state index contributed by atoms with van der Waals surface area (Å²) in [6, 6.07) is 9.56. The zero-order valence-electron chi connectivity index (χ0n) is 17.6. The van der Waals surface area contributed by atoms with E-state index >= 15 is 0 Å². The van der Waals surface area contributed by atoms with Crippen LogP contribution in [0, 0.1) is 4.91 Å². The normalized spacial score (nSPS) is 18.0. The fraction of sp³-hybridized carbons (Fsp3) is 0.381. The van der Waals surface area contributed by atoms with Crippen molar-refractivity contribution in [2.45, 2.75) is 37.8 Å². The summed E-state index contributed by atoms with van der Waals surface area (Å²) in [5.41, 5.74) is 10.5. The average molecular weight is 560 g/mol. The van der Waals surface area contributed by atoms with E-state index in [1.807, 2.05) is 11.0 Å². The molecule has 0 spiro atoms. The Kier molecular flexibility index (Phi) is 7.04. The van der Waals surface area contributed by atoms with Crippen LogP contribution in [0.3, 0.4) is 0 Å². The summed E-state index contributed by atoms with van der Waals surface area (Å²) in [5.74, 6) is 0.325. The summed E-state index contributed by atoms with van der Waals surface area (Å²) in [6.07, 6.45) is 4.05. The van der Waals surface area contributed by atoms with Gasteiger partial charge in [-0.1, -0.05) is 40.5 Å². The Hall–Kier alpha value is -3.25. The number of azide groups is 1. The second-order valence-corrected chi connectivity index (χ2v) is 8.48. The number of fused-ring (bicyclic) bond motifs is 1. The number of pyridine rings is 1. The molecule has 1 aromatic heterocycles. The quantitative estimate of drug-likeness (QED) is 0.0971. The molecule has 170 valence electrons. The van der Waals surface area contributed by atoms with E-state index in [9.17, 15) is 14.5 Å². The predicted molar refractivity (Wildman–Crippen MR) is 133 cm³/mol. The van der Waals surface area contributed by atoms with Gasteiger partial charge in [-0.2, -0.15) is 0 Å². The minimum absolute atomic E-state index is 0.0397. The van der Waals surface area contributed by atoms with Gasteiger partial charge >= 0.3 is 5.91 Å². The summed E-state index contributed by atoms with van der Waals surface area (Å²) < 4.78 is 0.448. The lowest BCUT2D eigenvalue weighted by Gasteiger charge is -2.44. The molecule has 1 aromatic carbocycles. The van der Waals surface area contributed by atoms with Crippen molar-refractivity contribution in [1.29, 1.82) is 0 Å². The van der Waals surface area contributed by atoms with E-state index < -0.39 is 11.9 Å². The monoisotopic (exact) mass is 560 g/mol. The number of alkyl halides is 1. The number of rotatable bonds is 7. The van der Waals surface area contributed by atoms with Crippen LogP contribution in [0.2, 0.25) is 0 Å². The number of carbonyl (C=O) groups excluding carboxylic acids is 2. The fourth-order valence-electron chi connectivity index (χ4n) is 4.39. The highest BCUT2D eigenvalue weighted by molar-refractivity contribution is 14.1. The number of anilines is 4. The van der Waals surface area contributed by atoms with Crippen molar-refractivity contribution in [3.8, 4) is 0 Å². The highest BCUT2D eigenvalue weighted by Crippen LogP contribution is 2.41. The molecule has 12 heteroatoms. The molecule has 0 unspecified atom stereocenters. The van der Waals surface area contributed by atoms with Crippen LogP contribution in [0.1, 0.15) is 36.0 Å². The number of carbonyl (C=O) groups is 2. The molecule has 2 heterocycles. The molecule has 1 atom stereocenters. The third-order valence-electron chi connectivity index (χ3n) is 5.92. The number of aromatic nitrogens is 1. The van der Waals surface area contributed by atoms with Crippen molar-refractivity contribution in [2.24, 2.45) is 10.3 Å². The number of nitroso groups, excluding NO2 is 1. The second-order valence-electron chi connectivity index (χ2n) is 7.80. The molecule has 4 rings (SSSR count). The highest BCUT2D eigenvalue weighted by Gasteiger charge is 2.42. The van der Waals surface area contributed by atoms with Crippen molar-refractivity contribution < 1.29 is 9.59 Å². The van der Waals surface area contributed by atoms with Gasteiger partial charge in [0, 0.05) is 27.4 Å². The van der Waals surface area contributed by atoms with Crippen LogP contribution < -0.4 is 15.1 Å². The molecular formula is C21H21IN8O3. The third-order valence-corrected chi connectivity index (χ3v) is 6.60. The van der Waals surface area contributed by atoms with Gasteiger partial charge in [0.2, 0.25) is 0 Å². The van der Waals surface area contributed by atoms with Gasteiger partial charge in [-0.3, -0.25) is 14.5 Å². The Balaban J connectivity index is 1.71. The second kappa shape index (κ2) is 10.1. The first-order chi connectivity index (χ1) is 16.1. The van der Waals surface area contributed by atoms with Gasteiger partial charge in [0.15, 0.2) is 5.82 Å². The smallest absolute Gasteiger partial charge is 0.316 e. The summed E-state index contributed by atoms with van der Waals surface area (Å²) in [4.78, 5) is 46.6. The van der Waals surface area contributed by atoms with Gasteiger partial charge in [0.05, 0.1) is 16.8 Å². The number of amides is 2. The number of halogens is 1. The summed E-state index contributed by atoms with van der Waals surface area (Å²) in [6.45, 7) is 0.0397. The molecule has 0 bridgehead atoms. The molecule has 11 nitrogen and oxygen atoms in total. The zero-order valence-corrected chi connectivity index (χ0v) is 19.8. The minimum Gasteiger partial charge on any atom is -0.340 e. The highest BCUT2D eigenvalue weighted by atomic mass is 127.